The largest absolute Gasteiger partial charge is 0.497 e. The van der Waals surface area contributed by atoms with Gasteiger partial charge in [0.1, 0.15) is 16.4 Å². The normalized spacial score (nSPS) is 19.6. The maximum Gasteiger partial charge on any atom is 0.247 e. The second-order valence-electron chi connectivity index (χ2n) is 8.24. The molecule has 1 aromatic carbocycles. The van der Waals surface area contributed by atoms with Crippen molar-refractivity contribution in [2.24, 2.45) is 0 Å². The molecule has 1 aliphatic carbocycles. The van der Waals surface area contributed by atoms with Crippen LogP contribution in [0, 0.1) is 0 Å². The number of rotatable bonds is 9. The zero-order chi connectivity index (χ0) is 23.2. The second kappa shape index (κ2) is 11.1. The van der Waals surface area contributed by atoms with E-state index in [2.05, 4.69) is 5.32 Å². The Bertz CT molecular complexity index is 954. The maximum atomic E-state index is 13.9. The molecule has 1 saturated carbocycles. The molecule has 2 aliphatic rings. The van der Waals surface area contributed by atoms with Crippen LogP contribution >= 0.6 is 0 Å². The highest BCUT2D eigenvalue weighted by Crippen LogP contribution is 2.34. The van der Waals surface area contributed by atoms with E-state index < -0.39 is 20.0 Å². The molecule has 1 N–H and O–H groups in total. The third kappa shape index (κ3) is 5.93. The van der Waals surface area contributed by atoms with E-state index in [-0.39, 0.29) is 29.0 Å². The number of hydrogen-bond acceptors (Lipinski definition) is 7. The fourth-order valence-electron chi connectivity index (χ4n) is 4.41. The van der Waals surface area contributed by atoms with Gasteiger partial charge in [-0.3, -0.25) is 0 Å². The summed E-state index contributed by atoms with van der Waals surface area (Å²) in [5.74, 6) is 0.377. The van der Waals surface area contributed by atoms with Crippen molar-refractivity contribution in [1.82, 2.24) is 13.9 Å². The SMILES string of the molecule is COc1ccc(OC)c(S(=O)(=O)N(CCS(=O)(=O)N2CCNCC2)C2CCCCCC2)c1. The lowest BCUT2D eigenvalue weighted by Gasteiger charge is -2.32. The molecular formula is C21H35N3O6S2. The Morgan fingerprint density at radius 2 is 1.66 bits per heavy atom. The van der Waals surface area contributed by atoms with Gasteiger partial charge in [0.15, 0.2) is 0 Å². The molecule has 0 atom stereocenters. The van der Waals surface area contributed by atoms with Crippen molar-refractivity contribution in [1.29, 1.82) is 0 Å². The summed E-state index contributed by atoms with van der Waals surface area (Å²) >= 11 is 0. The molecule has 0 unspecified atom stereocenters. The van der Waals surface area contributed by atoms with Gasteiger partial charge in [-0.25, -0.2) is 16.8 Å². The lowest BCUT2D eigenvalue weighted by molar-refractivity contribution is 0.298. The van der Waals surface area contributed by atoms with E-state index in [0.717, 1.165) is 38.5 Å². The van der Waals surface area contributed by atoms with Gasteiger partial charge in [-0.15, -0.1) is 0 Å². The number of benzene rings is 1. The maximum absolute atomic E-state index is 13.9. The first-order chi connectivity index (χ1) is 15.3. The standard InChI is InChI=1S/C21H35N3O6S2/c1-29-19-9-10-20(30-2)21(17-19)32(27,28)24(18-7-5-3-4-6-8-18)15-16-31(25,26)23-13-11-22-12-14-23/h9-10,17-18,22H,3-8,11-16H2,1-2H3. The molecule has 0 radical (unpaired) electrons. The van der Waals surface area contributed by atoms with Crippen molar-refractivity contribution in [2.45, 2.75) is 49.5 Å². The van der Waals surface area contributed by atoms with Crippen LogP contribution in [-0.2, 0) is 20.0 Å². The Morgan fingerprint density at radius 1 is 1.00 bits per heavy atom. The smallest absolute Gasteiger partial charge is 0.247 e. The van der Waals surface area contributed by atoms with E-state index in [0.29, 0.717) is 31.9 Å². The Morgan fingerprint density at radius 3 is 2.25 bits per heavy atom. The van der Waals surface area contributed by atoms with Gasteiger partial charge in [-0.05, 0) is 25.0 Å². The number of methoxy groups -OCH3 is 2. The van der Waals surface area contributed by atoms with Crippen LogP contribution in [0.1, 0.15) is 38.5 Å². The Balaban J connectivity index is 1.93. The third-order valence-corrected chi connectivity index (χ3v) is 10.1. The highest BCUT2D eigenvalue weighted by molar-refractivity contribution is 7.90. The van der Waals surface area contributed by atoms with Crippen LogP contribution in [0.4, 0.5) is 0 Å². The Labute approximate surface area is 192 Å². The molecule has 9 nitrogen and oxygen atoms in total. The van der Waals surface area contributed by atoms with Gasteiger partial charge in [0.05, 0.1) is 20.0 Å². The molecule has 32 heavy (non-hydrogen) atoms. The average Bonchev–Trinajstić information content (AvgIpc) is 3.08. The van der Waals surface area contributed by atoms with Crippen molar-refractivity contribution >= 4 is 20.0 Å². The molecule has 182 valence electrons. The molecule has 11 heteroatoms. The average molecular weight is 490 g/mol. The van der Waals surface area contributed by atoms with Crippen LogP contribution in [0.3, 0.4) is 0 Å². The van der Waals surface area contributed by atoms with Crippen LogP contribution in [0.2, 0.25) is 0 Å². The van der Waals surface area contributed by atoms with Gasteiger partial charge >= 0.3 is 0 Å². The lowest BCUT2D eigenvalue weighted by Crippen LogP contribution is -2.49. The second-order valence-corrected chi connectivity index (χ2v) is 12.2. The predicted molar refractivity (Wildman–Crippen MR) is 123 cm³/mol. The lowest BCUT2D eigenvalue weighted by atomic mass is 10.1. The molecule has 1 heterocycles. The number of nitrogens with zero attached hydrogens (tertiary/aromatic N) is 2. The highest BCUT2D eigenvalue weighted by atomic mass is 32.2. The summed E-state index contributed by atoms with van der Waals surface area (Å²) in [4.78, 5) is 0.00293. The van der Waals surface area contributed by atoms with Gasteiger partial charge in [0, 0.05) is 44.8 Å². The fourth-order valence-corrected chi connectivity index (χ4v) is 7.81. The molecule has 0 spiro atoms. The molecule has 3 rings (SSSR count). The predicted octanol–water partition coefficient (Wildman–Crippen LogP) is 1.65. The first kappa shape index (κ1) is 25.2. The monoisotopic (exact) mass is 489 g/mol. The molecule has 1 aromatic rings. The third-order valence-electron chi connectivity index (χ3n) is 6.23. The Kier molecular flexibility index (Phi) is 8.79. The van der Waals surface area contributed by atoms with Crippen molar-refractivity contribution in [3.05, 3.63) is 18.2 Å². The van der Waals surface area contributed by atoms with Crippen LogP contribution in [0.25, 0.3) is 0 Å². The van der Waals surface area contributed by atoms with Gasteiger partial charge in [-0.1, -0.05) is 25.7 Å². The summed E-state index contributed by atoms with van der Waals surface area (Å²) in [6, 6.07) is 4.41. The molecule has 1 aliphatic heterocycles. The van der Waals surface area contributed by atoms with Crippen molar-refractivity contribution in [3.8, 4) is 11.5 Å². The summed E-state index contributed by atoms with van der Waals surface area (Å²) in [6.45, 7) is 1.93. The van der Waals surface area contributed by atoms with E-state index in [4.69, 9.17) is 9.47 Å². The number of piperazine rings is 1. The highest BCUT2D eigenvalue weighted by Gasteiger charge is 2.36. The first-order valence-corrected chi connectivity index (χ1v) is 14.3. The topological polar surface area (TPSA) is 105 Å². The van der Waals surface area contributed by atoms with Crippen molar-refractivity contribution < 1.29 is 26.3 Å². The quantitative estimate of drug-likeness (QED) is 0.526. The van der Waals surface area contributed by atoms with Crippen molar-refractivity contribution in [2.75, 3.05) is 52.7 Å². The van der Waals surface area contributed by atoms with Gasteiger partial charge in [0.25, 0.3) is 0 Å². The molecular weight excluding hydrogens is 454 g/mol. The van der Waals surface area contributed by atoms with E-state index >= 15 is 0 Å². The summed E-state index contributed by atoms with van der Waals surface area (Å²) in [5.41, 5.74) is 0. The molecule has 0 bridgehead atoms. The molecule has 0 amide bonds. The summed E-state index contributed by atoms with van der Waals surface area (Å²) in [5, 5.41) is 3.14. The first-order valence-electron chi connectivity index (χ1n) is 11.2. The van der Waals surface area contributed by atoms with E-state index in [9.17, 15) is 16.8 Å². The summed E-state index contributed by atoms with van der Waals surface area (Å²) < 4.78 is 67.1. The van der Waals surface area contributed by atoms with Crippen molar-refractivity contribution in [3.63, 3.8) is 0 Å². The summed E-state index contributed by atoms with van der Waals surface area (Å²) in [6.07, 6.45) is 5.42. The number of hydrogen-bond donors (Lipinski definition) is 1. The minimum Gasteiger partial charge on any atom is -0.497 e. The molecule has 1 saturated heterocycles. The zero-order valence-electron chi connectivity index (χ0n) is 19.0. The van der Waals surface area contributed by atoms with E-state index in [1.807, 2.05) is 0 Å². The minimum atomic E-state index is -4.01. The molecule has 0 aromatic heterocycles. The summed E-state index contributed by atoms with van der Waals surface area (Å²) in [7, 11) is -4.68. The minimum absolute atomic E-state index is 0.00293. The van der Waals surface area contributed by atoms with Crippen LogP contribution < -0.4 is 14.8 Å². The van der Waals surface area contributed by atoms with Gasteiger partial charge < -0.3 is 14.8 Å². The number of ether oxygens (including phenoxy) is 2. The van der Waals surface area contributed by atoms with Crippen LogP contribution in [-0.4, -0.2) is 84.2 Å². The van der Waals surface area contributed by atoms with Crippen LogP contribution in [0.15, 0.2) is 23.1 Å². The van der Waals surface area contributed by atoms with E-state index in [1.54, 1.807) is 12.1 Å². The van der Waals surface area contributed by atoms with E-state index in [1.165, 1.54) is 28.9 Å². The Hall–Kier alpha value is -1.40. The number of nitrogens with one attached hydrogen (secondary N) is 1. The van der Waals surface area contributed by atoms with Crippen LogP contribution in [0.5, 0.6) is 11.5 Å². The zero-order valence-corrected chi connectivity index (χ0v) is 20.6. The van der Waals surface area contributed by atoms with Gasteiger partial charge in [-0.2, -0.15) is 8.61 Å². The number of sulfonamides is 2. The fraction of sp³-hybridized carbons (Fsp3) is 0.714. The molecule has 2 fully saturated rings. The van der Waals surface area contributed by atoms with Gasteiger partial charge in [0.2, 0.25) is 20.0 Å².